The predicted molar refractivity (Wildman–Crippen MR) is 53.3 cm³/mol. The zero-order valence-electron chi connectivity index (χ0n) is 7.49. The fraction of sp³-hybridized carbons (Fsp3) is 0.667. The molecule has 0 aliphatic rings. The summed E-state index contributed by atoms with van der Waals surface area (Å²) in [5.41, 5.74) is 8.92. The van der Waals surface area contributed by atoms with Crippen LogP contribution in [0.1, 0.15) is 31.9 Å². The molecular formula is C9H16N2S. The van der Waals surface area contributed by atoms with E-state index in [1.807, 2.05) is 5.51 Å². The van der Waals surface area contributed by atoms with Crippen LogP contribution in [0.2, 0.25) is 0 Å². The average molecular weight is 184 g/mol. The van der Waals surface area contributed by atoms with Gasteiger partial charge in [0.15, 0.2) is 0 Å². The summed E-state index contributed by atoms with van der Waals surface area (Å²) in [5.74, 6) is 0. The van der Waals surface area contributed by atoms with Crippen molar-refractivity contribution in [3.05, 3.63) is 16.6 Å². The van der Waals surface area contributed by atoms with Gasteiger partial charge in [0.2, 0.25) is 0 Å². The van der Waals surface area contributed by atoms with Gasteiger partial charge in [0.05, 0.1) is 11.2 Å². The summed E-state index contributed by atoms with van der Waals surface area (Å²) in [6, 6.07) is 0.298. The highest BCUT2D eigenvalue weighted by Gasteiger charge is 2.04. The second-order valence-electron chi connectivity index (χ2n) is 3.09. The van der Waals surface area contributed by atoms with Gasteiger partial charge >= 0.3 is 0 Å². The first kappa shape index (κ1) is 9.68. The average Bonchev–Trinajstić information content (AvgIpc) is 2.53. The third-order valence-corrected chi connectivity index (χ3v) is 2.52. The molecule has 2 nitrogen and oxygen atoms in total. The third-order valence-electron chi connectivity index (χ3n) is 1.88. The minimum Gasteiger partial charge on any atom is -0.327 e. The van der Waals surface area contributed by atoms with Crippen molar-refractivity contribution >= 4 is 11.3 Å². The molecule has 0 saturated heterocycles. The molecule has 1 rings (SSSR count). The molecule has 0 aliphatic carbocycles. The van der Waals surface area contributed by atoms with Crippen molar-refractivity contribution in [2.24, 2.45) is 5.73 Å². The maximum atomic E-state index is 5.92. The lowest BCUT2D eigenvalue weighted by atomic mass is 10.1. The summed E-state index contributed by atoms with van der Waals surface area (Å²) in [7, 11) is 0. The molecule has 0 radical (unpaired) electrons. The molecule has 2 N–H and O–H groups in total. The Morgan fingerprint density at radius 2 is 2.50 bits per heavy atom. The monoisotopic (exact) mass is 184 g/mol. The van der Waals surface area contributed by atoms with E-state index >= 15 is 0 Å². The number of rotatable bonds is 5. The van der Waals surface area contributed by atoms with Crippen LogP contribution in [-0.4, -0.2) is 11.0 Å². The smallest absolute Gasteiger partial charge is 0.0794 e. The Hall–Kier alpha value is -0.410. The molecule has 68 valence electrons. The van der Waals surface area contributed by atoms with Crippen molar-refractivity contribution < 1.29 is 0 Å². The standard InChI is InChI=1S/C9H16N2S/c1-2-3-4-8(10)5-9-6-12-7-11-9/h6-8H,2-5,10H2,1H3. The van der Waals surface area contributed by atoms with Crippen LogP contribution in [-0.2, 0) is 6.42 Å². The zero-order valence-corrected chi connectivity index (χ0v) is 8.31. The summed E-state index contributed by atoms with van der Waals surface area (Å²) >= 11 is 1.64. The van der Waals surface area contributed by atoms with E-state index in [-0.39, 0.29) is 0 Å². The lowest BCUT2D eigenvalue weighted by Gasteiger charge is -2.07. The van der Waals surface area contributed by atoms with Gasteiger partial charge in [-0.2, -0.15) is 0 Å². The Bertz CT molecular complexity index is 196. The summed E-state index contributed by atoms with van der Waals surface area (Å²) in [5, 5.41) is 2.08. The quantitative estimate of drug-likeness (QED) is 0.762. The van der Waals surface area contributed by atoms with E-state index in [0.29, 0.717) is 6.04 Å². The first-order valence-corrected chi connectivity index (χ1v) is 5.40. The molecule has 1 heterocycles. The molecule has 1 unspecified atom stereocenters. The molecule has 0 aliphatic heterocycles. The van der Waals surface area contributed by atoms with Gasteiger partial charge in [0, 0.05) is 17.8 Å². The number of unbranched alkanes of at least 4 members (excludes halogenated alkanes) is 1. The number of aromatic nitrogens is 1. The van der Waals surface area contributed by atoms with Crippen LogP contribution in [0.4, 0.5) is 0 Å². The van der Waals surface area contributed by atoms with Crippen LogP contribution >= 0.6 is 11.3 Å². The molecule has 3 heteroatoms. The molecule has 0 amide bonds. The van der Waals surface area contributed by atoms with Gasteiger partial charge in [-0.05, 0) is 6.42 Å². The Kier molecular flexibility index (Phi) is 4.25. The van der Waals surface area contributed by atoms with Gasteiger partial charge in [-0.25, -0.2) is 4.98 Å². The molecule has 1 aromatic heterocycles. The Morgan fingerprint density at radius 1 is 1.67 bits per heavy atom. The number of nitrogens with zero attached hydrogens (tertiary/aromatic N) is 1. The highest BCUT2D eigenvalue weighted by Crippen LogP contribution is 2.07. The second-order valence-corrected chi connectivity index (χ2v) is 3.80. The topological polar surface area (TPSA) is 38.9 Å². The predicted octanol–water partition coefficient (Wildman–Crippen LogP) is 2.20. The highest BCUT2D eigenvalue weighted by atomic mass is 32.1. The van der Waals surface area contributed by atoms with Crippen molar-refractivity contribution in [2.45, 2.75) is 38.6 Å². The van der Waals surface area contributed by atoms with Crippen LogP contribution in [0, 0.1) is 0 Å². The molecular weight excluding hydrogens is 168 g/mol. The van der Waals surface area contributed by atoms with Crippen molar-refractivity contribution in [3.8, 4) is 0 Å². The minimum atomic E-state index is 0.298. The van der Waals surface area contributed by atoms with Crippen LogP contribution in [0.25, 0.3) is 0 Å². The minimum absolute atomic E-state index is 0.298. The molecule has 1 aromatic rings. The molecule has 0 fully saturated rings. The summed E-state index contributed by atoms with van der Waals surface area (Å²) < 4.78 is 0. The lowest BCUT2D eigenvalue weighted by molar-refractivity contribution is 0.569. The largest absolute Gasteiger partial charge is 0.327 e. The van der Waals surface area contributed by atoms with E-state index in [2.05, 4.69) is 17.3 Å². The van der Waals surface area contributed by atoms with Crippen molar-refractivity contribution in [3.63, 3.8) is 0 Å². The van der Waals surface area contributed by atoms with Crippen molar-refractivity contribution in [2.75, 3.05) is 0 Å². The fourth-order valence-corrected chi connectivity index (χ4v) is 1.75. The maximum absolute atomic E-state index is 5.92. The highest BCUT2D eigenvalue weighted by molar-refractivity contribution is 7.07. The van der Waals surface area contributed by atoms with Gasteiger partial charge in [0.1, 0.15) is 0 Å². The molecule has 12 heavy (non-hydrogen) atoms. The SMILES string of the molecule is CCCCC(N)Cc1cscn1. The summed E-state index contributed by atoms with van der Waals surface area (Å²) in [6.45, 7) is 2.19. The van der Waals surface area contributed by atoms with Gasteiger partial charge in [0.25, 0.3) is 0 Å². The number of thiazole rings is 1. The lowest BCUT2D eigenvalue weighted by Crippen LogP contribution is -2.22. The Labute approximate surface area is 77.8 Å². The van der Waals surface area contributed by atoms with E-state index < -0.39 is 0 Å². The van der Waals surface area contributed by atoms with E-state index in [1.54, 1.807) is 11.3 Å². The van der Waals surface area contributed by atoms with Gasteiger partial charge < -0.3 is 5.73 Å². The van der Waals surface area contributed by atoms with Crippen LogP contribution in [0.15, 0.2) is 10.9 Å². The molecule has 0 saturated carbocycles. The van der Waals surface area contributed by atoms with Crippen molar-refractivity contribution in [1.82, 2.24) is 4.98 Å². The molecule has 1 atom stereocenters. The van der Waals surface area contributed by atoms with Crippen LogP contribution in [0.5, 0.6) is 0 Å². The first-order chi connectivity index (χ1) is 5.83. The van der Waals surface area contributed by atoms with Gasteiger partial charge in [-0.15, -0.1) is 11.3 Å². The van der Waals surface area contributed by atoms with Crippen LogP contribution < -0.4 is 5.73 Å². The van der Waals surface area contributed by atoms with E-state index in [1.165, 1.54) is 12.8 Å². The van der Waals surface area contributed by atoms with E-state index in [0.717, 1.165) is 18.5 Å². The summed E-state index contributed by atoms with van der Waals surface area (Å²) in [4.78, 5) is 4.20. The third kappa shape index (κ3) is 3.32. The number of hydrogen-bond acceptors (Lipinski definition) is 3. The number of nitrogens with two attached hydrogens (primary N) is 1. The molecule has 0 aromatic carbocycles. The zero-order chi connectivity index (χ0) is 8.81. The maximum Gasteiger partial charge on any atom is 0.0794 e. The first-order valence-electron chi connectivity index (χ1n) is 4.45. The van der Waals surface area contributed by atoms with Gasteiger partial charge in [-0.3, -0.25) is 0 Å². The van der Waals surface area contributed by atoms with Gasteiger partial charge in [-0.1, -0.05) is 19.8 Å². The Morgan fingerprint density at radius 3 is 3.08 bits per heavy atom. The van der Waals surface area contributed by atoms with E-state index in [4.69, 9.17) is 5.73 Å². The Balaban J connectivity index is 2.22. The van der Waals surface area contributed by atoms with Crippen LogP contribution in [0.3, 0.4) is 0 Å². The van der Waals surface area contributed by atoms with Crippen molar-refractivity contribution in [1.29, 1.82) is 0 Å². The fourth-order valence-electron chi connectivity index (χ4n) is 1.18. The summed E-state index contributed by atoms with van der Waals surface area (Å²) in [6.07, 6.45) is 4.51. The van der Waals surface area contributed by atoms with E-state index in [9.17, 15) is 0 Å². The number of hydrogen-bond donors (Lipinski definition) is 1. The molecule has 0 bridgehead atoms. The molecule has 0 spiro atoms. The normalized spacial score (nSPS) is 13.2. The second kappa shape index (κ2) is 5.27.